The maximum absolute atomic E-state index is 12.2. The first kappa shape index (κ1) is 18.4. The van der Waals surface area contributed by atoms with Crippen LogP contribution in [0.1, 0.15) is 43.5 Å². The van der Waals surface area contributed by atoms with E-state index in [-0.39, 0.29) is 28.3 Å². The predicted octanol–water partition coefficient (Wildman–Crippen LogP) is 3.17. The third-order valence-electron chi connectivity index (χ3n) is 4.12. The second-order valence-electron chi connectivity index (χ2n) is 5.32. The summed E-state index contributed by atoms with van der Waals surface area (Å²) in [5, 5.41) is 22.9. The molecule has 0 aliphatic carbocycles. The number of nitrogens with one attached hydrogen (secondary N) is 1. The number of nitro benzene ring substituents is 1. The number of nitrogens with zero attached hydrogens (tertiary/aromatic N) is 1. The first-order valence-electron chi connectivity index (χ1n) is 7.21. The van der Waals surface area contributed by atoms with Crippen molar-refractivity contribution < 1.29 is 14.8 Å². The Morgan fingerprint density at radius 2 is 2.00 bits per heavy atom. The van der Waals surface area contributed by atoms with Gasteiger partial charge >= 0.3 is 0 Å². The number of benzene rings is 1. The normalized spacial score (nSPS) is 11.3. The standard InChI is InChI=1S/C15H21ClN2O4/c1-3-15(4-2,5-6-19)10-17-14(20)11-7-12(16)9-13(8-11)18(21)22/h7-9,19H,3-6,10H2,1-2H3,(H,17,20). The molecule has 1 aromatic carbocycles. The predicted molar refractivity (Wildman–Crippen MR) is 85.2 cm³/mol. The number of carbonyl (C=O) groups excluding carboxylic acids is 1. The molecule has 6 nitrogen and oxygen atoms in total. The molecule has 22 heavy (non-hydrogen) atoms. The third-order valence-corrected chi connectivity index (χ3v) is 4.34. The van der Waals surface area contributed by atoms with Crippen LogP contribution in [0, 0.1) is 15.5 Å². The number of hydrogen-bond acceptors (Lipinski definition) is 4. The van der Waals surface area contributed by atoms with Crippen LogP contribution in [-0.4, -0.2) is 29.1 Å². The van der Waals surface area contributed by atoms with Gasteiger partial charge in [-0.25, -0.2) is 0 Å². The Labute approximate surface area is 134 Å². The van der Waals surface area contributed by atoms with Crippen LogP contribution in [0.4, 0.5) is 5.69 Å². The molecule has 0 aliphatic rings. The van der Waals surface area contributed by atoms with Crippen molar-refractivity contribution in [2.75, 3.05) is 13.2 Å². The van der Waals surface area contributed by atoms with Crippen molar-refractivity contribution in [2.24, 2.45) is 5.41 Å². The minimum atomic E-state index is -0.587. The van der Waals surface area contributed by atoms with Crippen LogP contribution in [0.15, 0.2) is 18.2 Å². The molecular weight excluding hydrogens is 308 g/mol. The molecule has 0 atom stereocenters. The lowest BCUT2D eigenvalue weighted by molar-refractivity contribution is -0.384. The van der Waals surface area contributed by atoms with E-state index in [1.165, 1.54) is 18.2 Å². The first-order chi connectivity index (χ1) is 10.4. The summed E-state index contributed by atoms with van der Waals surface area (Å²) in [6, 6.07) is 3.80. The van der Waals surface area contributed by atoms with Crippen molar-refractivity contribution in [3.05, 3.63) is 38.9 Å². The summed E-state index contributed by atoms with van der Waals surface area (Å²) in [6.07, 6.45) is 2.23. The van der Waals surface area contributed by atoms with Gasteiger partial charge in [-0.1, -0.05) is 25.4 Å². The van der Waals surface area contributed by atoms with E-state index in [1.807, 2.05) is 13.8 Å². The van der Waals surface area contributed by atoms with Gasteiger partial charge in [0.2, 0.25) is 0 Å². The molecule has 1 rings (SSSR count). The molecule has 1 amide bonds. The van der Waals surface area contributed by atoms with Crippen LogP contribution in [-0.2, 0) is 0 Å². The SMILES string of the molecule is CCC(CC)(CCO)CNC(=O)c1cc(Cl)cc([N+](=O)[O-])c1. The Morgan fingerprint density at radius 1 is 1.36 bits per heavy atom. The van der Waals surface area contributed by atoms with Gasteiger partial charge < -0.3 is 10.4 Å². The Kier molecular flexibility index (Phi) is 6.77. The summed E-state index contributed by atoms with van der Waals surface area (Å²) < 4.78 is 0. The summed E-state index contributed by atoms with van der Waals surface area (Å²) >= 11 is 5.82. The average Bonchev–Trinajstić information content (AvgIpc) is 2.50. The van der Waals surface area contributed by atoms with Crippen LogP contribution < -0.4 is 5.32 Å². The highest BCUT2D eigenvalue weighted by Gasteiger charge is 2.26. The topological polar surface area (TPSA) is 92.5 Å². The van der Waals surface area contributed by atoms with Gasteiger partial charge in [-0.05, 0) is 30.7 Å². The quantitative estimate of drug-likeness (QED) is 0.566. The number of halogens is 1. The highest BCUT2D eigenvalue weighted by atomic mass is 35.5. The van der Waals surface area contributed by atoms with Gasteiger partial charge in [0.25, 0.3) is 11.6 Å². The third kappa shape index (κ3) is 4.68. The summed E-state index contributed by atoms with van der Waals surface area (Å²) in [5.41, 5.74) is -0.232. The summed E-state index contributed by atoms with van der Waals surface area (Å²) in [5.74, 6) is -0.408. The average molecular weight is 329 g/mol. The lowest BCUT2D eigenvalue weighted by Crippen LogP contribution is -2.37. The molecule has 0 fully saturated rings. The second-order valence-corrected chi connectivity index (χ2v) is 5.76. The van der Waals surface area contributed by atoms with Crippen molar-refractivity contribution >= 4 is 23.2 Å². The molecule has 0 unspecified atom stereocenters. The van der Waals surface area contributed by atoms with Crippen molar-refractivity contribution in [3.8, 4) is 0 Å². The lowest BCUT2D eigenvalue weighted by atomic mass is 9.79. The molecular formula is C15H21ClN2O4. The molecule has 122 valence electrons. The van der Waals surface area contributed by atoms with E-state index in [4.69, 9.17) is 11.6 Å². The fraction of sp³-hybridized carbons (Fsp3) is 0.533. The van der Waals surface area contributed by atoms with E-state index in [0.717, 1.165) is 12.8 Å². The number of aliphatic hydroxyl groups excluding tert-OH is 1. The molecule has 0 saturated heterocycles. The molecule has 2 N–H and O–H groups in total. The summed E-state index contributed by atoms with van der Waals surface area (Å²) in [4.78, 5) is 22.4. The van der Waals surface area contributed by atoms with E-state index < -0.39 is 10.8 Å². The van der Waals surface area contributed by atoms with Crippen LogP contribution in [0.25, 0.3) is 0 Å². The number of rotatable bonds is 8. The van der Waals surface area contributed by atoms with E-state index in [1.54, 1.807) is 0 Å². The minimum absolute atomic E-state index is 0.0557. The van der Waals surface area contributed by atoms with Crippen molar-refractivity contribution in [1.82, 2.24) is 5.32 Å². The first-order valence-corrected chi connectivity index (χ1v) is 7.59. The van der Waals surface area contributed by atoms with Gasteiger partial charge in [-0.15, -0.1) is 0 Å². The molecule has 0 radical (unpaired) electrons. The molecule has 1 aromatic rings. The second kappa shape index (κ2) is 8.10. The van der Waals surface area contributed by atoms with Gasteiger partial charge in [-0.2, -0.15) is 0 Å². The van der Waals surface area contributed by atoms with Gasteiger partial charge in [0.05, 0.1) is 4.92 Å². The zero-order chi connectivity index (χ0) is 16.8. The number of amides is 1. The van der Waals surface area contributed by atoms with Gasteiger partial charge in [0.15, 0.2) is 0 Å². The minimum Gasteiger partial charge on any atom is -0.396 e. The molecule has 0 spiro atoms. The monoisotopic (exact) mass is 328 g/mol. The van der Waals surface area contributed by atoms with Gasteiger partial charge in [0, 0.05) is 35.9 Å². The molecule has 0 aliphatic heterocycles. The van der Waals surface area contributed by atoms with E-state index >= 15 is 0 Å². The summed E-state index contributed by atoms with van der Waals surface area (Å²) in [6.45, 7) is 4.48. The molecule has 0 bridgehead atoms. The number of carbonyl (C=O) groups is 1. The zero-order valence-electron chi connectivity index (χ0n) is 12.8. The van der Waals surface area contributed by atoms with Crippen molar-refractivity contribution in [3.63, 3.8) is 0 Å². The van der Waals surface area contributed by atoms with Crippen molar-refractivity contribution in [2.45, 2.75) is 33.1 Å². The smallest absolute Gasteiger partial charge is 0.271 e. The van der Waals surface area contributed by atoms with Crippen LogP contribution in [0.2, 0.25) is 5.02 Å². The largest absolute Gasteiger partial charge is 0.396 e. The molecule has 7 heteroatoms. The number of hydrogen-bond donors (Lipinski definition) is 2. The Hall–Kier alpha value is -1.66. The van der Waals surface area contributed by atoms with Crippen molar-refractivity contribution in [1.29, 1.82) is 0 Å². The zero-order valence-corrected chi connectivity index (χ0v) is 13.5. The maximum Gasteiger partial charge on any atom is 0.271 e. The van der Waals surface area contributed by atoms with Gasteiger partial charge in [-0.3, -0.25) is 14.9 Å². The van der Waals surface area contributed by atoms with E-state index in [9.17, 15) is 20.0 Å². The highest BCUT2D eigenvalue weighted by molar-refractivity contribution is 6.31. The molecule has 0 heterocycles. The fourth-order valence-corrected chi connectivity index (χ4v) is 2.59. The molecule has 0 aromatic heterocycles. The number of nitro groups is 1. The fourth-order valence-electron chi connectivity index (χ4n) is 2.36. The Morgan fingerprint density at radius 3 is 2.50 bits per heavy atom. The molecule has 0 saturated carbocycles. The van der Waals surface area contributed by atoms with Gasteiger partial charge in [0.1, 0.15) is 0 Å². The lowest BCUT2D eigenvalue weighted by Gasteiger charge is -2.31. The van der Waals surface area contributed by atoms with Crippen LogP contribution >= 0.6 is 11.6 Å². The Bertz CT molecular complexity index is 544. The number of non-ortho nitro benzene ring substituents is 1. The maximum atomic E-state index is 12.2. The van der Waals surface area contributed by atoms with Crippen LogP contribution in [0.3, 0.4) is 0 Å². The summed E-state index contributed by atoms with van der Waals surface area (Å²) in [7, 11) is 0. The highest BCUT2D eigenvalue weighted by Crippen LogP contribution is 2.29. The Balaban J connectivity index is 2.87. The van der Waals surface area contributed by atoms with E-state index in [2.05, 4.69) is 5.32 Å². The van der Waals surface area contributed by atoms with E-state index in [0.29, 0.717) is 13.0 Å². The van der Waals surface area contributed by atoms with Crippen LogP contribution in [0.5, 0.6) is 0 Å². The number of aliphatic hydroxyl groups is 1.